The average molecular weight is 314 g/mol. The van der Waals surface area contributed by atoms with Crippen LogP contribution in [0.4, 0.5) is 5.69 Å². The zero-order chi connectivity index (χ0) is 16.1. The van der Waals surface area contributed by atoms with Crippen molar-refractivity contribution in [1.82, 2.24) is 15.2 Å². The predicted molar refractivity (Wildman–Crippen MR) is 87.8 cm³/mol. The van der Waals surface area contributed by atoms with Gasteiger partial charge in [0, 0.05) is 24.3 Å². The Bertz CT molecular complexity index is 642. The van der Waals surface area contributed by atoms with Crippen molar-refractivity contribution < 1.29 is 9.53 Å². The predicted octanol–water partition coefficient (Wildman–Crippen LogP) is 3.01. The zero-order valence-corrected chi connectivity index (χ0v) is 13.3. The van der Waals surface area contributed by atoms with E-state index >= 15 is 0 Å². The second-order valence-electron chi connectivity index (χ2n) is 5.96. The summed E-state index contributed by atoms with van der Waals surface area (Å²) >= 11 is 0. The van der Waals surface area contributed by atoms with Crippen LogP contribution >= 0.6 is 0 Å². The summed E-state index contributed by atoms with van der Waals surface area (Å²) in [5.41, 5.74) is 1.68. The number of hydrogen-bond acceptors (Lipinski definition) is 4. The van der Waals surface area contributed by atoms with Crippen molar-refractivity contribution in [2.24, 2.45) is 5.92 Å². The first kappa shape index (κ1) is 15.7. The molecule has 122 valence electrons. The quantitative estimate of drug-likeness (QED) is 0.889. The molecule has 1 aliphatic rings. The standard InChI is InChI=1S/C17H22N4O2/c1-2-15-8-12(6-7-23-15)9-16(22)20-14-5-3-4-13(10-14)17-18-11-19-21-17/h3-5,10-12,15H,2,6-9H2,1H3,(H,20,22)(H,18,19,21)/t12-,15-/m1/s1. The molecule has 0 unspecified atom stereocenters. The lowest BCUT2D eigenvalue weighted by Gasteiger charge is -2.28. The number of aromatic amines is 1. The van der Waals surface area contributed by atoms with Gasteiger partial charge in [-0.25, -0.2) is 4.98 Å². The Morgan fingerprint density at radius 2 is 2.39 bits per heavy atom. The minimum Gasteiger partial charge on any atom is -0.378 e. The number of carbonyl (C=O) groups excluding carboxylic acids is 1. The van der Waals surface area contributed by atoms with Crippen LogP contribution < -0.4 is 5.32 Å². The van der Waals surface area contributed by atoms with Crippen molar-refractivity contribution >= 4 is 11.6 Å². The van der Waals surface area contributed by atoms with Crippen LogP contribution in [0.25, 0.3) is 11.4 Å². The fourth-order valence-corrected chi connectivity index (χ4v) is 2.99. The SMILES string of the molecule is CC[C@@H]1C[C@H](CC(=O)Nc2cccc(-c3ncn[nH]3)c2)CCO1. The maximum absolute atomic E-state index is 12.3. The van der Waals surface area contributed by atoms with E-state index in [1.165, 1.54) is 6.33 Å². The summed E-state index contributed by atoms with van der Waals surface area (Å²) in [7, 11) is 0. The average Bonchev–Trinajstić information content (AvgIpc) is 3.09. The highest BCUT2D eigenvalue weighted by Crippen LogP contribution is 2.25. The van der Waals surface area contributed by atoms with Crippen LogP contribution in [0.5, 0.6) is 0 Å². The number of ether oxygens (including phenoxy) is 1. The topological polar surface area (TPSA) is 79.9 Å². The van der Waals surface area contributed by atoms with E-state index < -0.39 is 0 Å². The molecule has 2 aromatic rings. The molecular weight excluding hydrogens is 292 g/mol. The van der Waals surface area contributed by atoms with Gasteiger partial charge in [0.2, 0.25) is 5.91 Å². The van der Waals surface area contributed by atoms with E-state index in [-0.39, 0.29) is 5.91 Å². The van der Waals surface area contributed by atoms with Crippen LogP contribution in [0, 0.1) is 5.92 Å². The summed E-state index contributed by atoms with van der Waals surface area (Å²) in [5, 5.41) is 9.65. The Morgan fingerprint density at radius 1 is 1.48 bits per heavy atom. The molecule has 2 N–H and O–H groups in total. The molecule has 23 heavy (non-hydrogen) atoms. The molecule has 6 nitrogen and oxygen atoms in total. The van der Waals surface area contributed by atoms with Crippen molar-refractivity contribution in [2.45, 2.75) is 38.7 Å². The van der Waals surface area contributed by atoms with Gasteiger partial charge in [0.1, 0.15) is 6.33 Å². The van der Waals surface area contributed by atoms with Crippen molar-refractivity contribution in [3.63, 3.8) is 0 Å². The van der Waals surface area contributed by atoms with Gasteiger partial charge in [-0.05, 0) is 37.3 Å². The minimum absolute atomic E-state index is 0.0569. The largest absolute Gasteiger partial charge is 0.378 e. The van der Waals surface area contributed by atoms with E-state index in [1.54, 1.807) is 0 Å². The second-order valence-corrected chi connectivity index (χ2v) is 5.96. The number of hydrogen-bond donors (Lipinski definition) is 2. The van der Waals surface area contributed by atoms with Crippen molar-refractivity contribution in [1.29, 1.82) is 0 Å². The Kier molecular flexibility index (Phi) is 5.02. The monoisotopic (exact) mass is 314 g/mol. The molecule has 2 atom stereocenters. The van der Waals surface area contributed by atoms with Crippen molar-refractivity contribution in [3.8, 4) is 11.4 Å². The number of anilines is 1. The number of aromatic nitrogens is 3. The van der Waals surface area contributed by atoms with Gasteiger partial charge in [-0.15, -0.1) is 0 Å². The molecule has 1 aromatic heterocycles. The van der Waals surface area contributed by atoms with E-state index in [0.29, 0.717) is 24.3 Å². The summed E-state index contributed by atoms with van der Waals surface area (Å²) in [6.07, 6.45) is 5.26. The first-order chi connectivity index (χ1) is 11.2. The third-order valence-electron chi connectivity index (χ3n) is 4.24. The van der Waals surface area contributed by atoms with Gasteiger partial charge in [0.05, 0.1) is 6.10 Å². The third kappa shape index (κ3) is 4.16. The lowest BCUT2D eigenvalue weighted by Crippen LogP contribution is -2.28. The number of rotatable bonds is 5. The minimum atomic E-state index is 0.0569. The molecule has 1 amide bonds. The number of nitrogens with zero attached hydrogens (tertiary/aromatic N) is 2. The van der Waals surface area contributed by atoms with Gasteiger partial charge in [-0.2, -0.15) is 5.10 Å². The maximum Gasteiger partial charge on any atom is 0.224 e. The number of nitrogens with one attached hydrogen (secondary N) is 2. The highest BCUT2D eigenvalue weighted by molar-refractivity contribution is 5.91. The van der Waals surface area contributed by atoms with E-state index in [0.717, 1.165) is 37.1 Å². The van der Waals surface area contributed by atoms with Crippen LogP contribution in [-0.2, 0) is 9.53 Å². The van der Waals surface area contributed by atoms with Gasteiger partial charge >= 0.3 is 0 Å². The number of benzene rings is 1. The van der Waals surface area contributed by atoms with Gasteiger partial charge in [0.25, 0.3) is 0 Å². The lowest BCUT2D eigenvalue weighted by atomic mass is 9.91. The summed E-state index contributed by atoms with van der Waals surface area (Å²) < 4.78 is 5.67. The molecular formula is C17H22N4O2. The highest BCUT2D eigenvalue weighted by Gasteiger charge is 2.23. The molecule has 1 fully saturated rings. The van der Waals surface area contributed by atoms with E-state index in [2.05, 4.69) is 27.4 Å². The molecule has 0 spiro atoms. The molecule has 3 rings (SSSR count). The summed E-state index contributed by atoms with van der Waals surface area (Å²) in [6.45, 7) is 2.89. The Labute approximate surface area is 135 Å². The summed E-state index contributed by atoms with van der Waals surface area (Å²) in [6, 6.07) is 7.61. The van der Waals surface area contributed by atoms with Gasteiger partial charge < -0.3 is 10.1 Å². The van der Waals surface area contributed by atoms with Gasteiger partial charge in [-0.1, -0.05) is 19.1 Å². The van der Waals surface area contributed by atoms with Crippen LogP contribution in [0.15, 0.2) is 30.6 Å². The first-order valence-electron chi connectivity index (χ1n) is 8.12. The fourth-order valence-electron chi connectivity index (χ4n) is 2.99. The molecule has 0 bridgehead atoms. The number of carbonyl (C=O) groups is 1. The van der Waals surface area contributed by atoms with Crippen molar-refractivity contribution in [3.05, 3.63) is 30.6 Å². The Morgan fingerprint density at radius 3 is 3.17 bits per heavy atom. The molecule has 6 heteroatoms. The fraction of sp³-hybridized carbons (Fsp3) is 0.471. The molecule has 0 aliphatic carbocycles. The molecule has 2 heterocycles. The third-order valence-corrected chi connectivity index (χ3v) is 4.24. The number of amides is 1. The smallest absolute Gasteiger partial charge is 0.224 e. The molecule has 1 aliphatic heterocycles. The summed E-state index contributed by atoms with van der Waals surface area (Å²) in [5.74, 6) is 1.16. The second kappa shape index (κ2) is 7.37. The molecule has 1 saturated heterocycles. The Balaban J connectivity index is 1.58. The van der Waals surface area contributed by atoms with Crippen LogP contribution in [0.3, 0.4) is 0 Å². The normalized spacial score (nSPS) is 21.1. The van der Waals surface area contributed by atoms with Gasteiger partial charge in [0.15, 0.2) is 5.82 Å². The Hall–Kier alpha value is -2.21. The van der Waals surface area contributed by atoms with Crippen LogP contribution in [0.1, 0.15) is 32.6 Å². The zero-order valence-electron chi connectivity index (χ0n) is 13.3. The van der Waals surface area contributed by atoms with Gasteiger partial charge in [-0.3, -0.25) is 9.89 Å². The number of H-pyrrole nitrogens is 1. The maximum atomic E-state index is 12.3. The van der Waals surface area contributed by atoms with E-state index in [4.69, 9.17) is 4.74 Å². The van der Waals surface area contributed by atoms with Crippen LogP contribution in [-0.4, -0.2) is 33.8 Å². The van der Waals surface area contributed by atoms with E-state index in [1.807, 2.05) is 24.3 Å². The van der Waals surface area contributed by atoms with Crippen molar-refractivity contribution in [2.75, 3.05) is 11.9 Å². The van der Waals surface area contributed by atoms with Crippen LogP contribution in [0.2, 0.25) is 0 Å². The first-order valence-corrected chi connectivity index (χ1v) is 8.12. The lowest BCUT2D eigenvalue weighted by molar-refractivity contribution is -0.118. The molecule has 0 saturated carbocycles. The molecule has 1 aromatic carbocycles. The molecule has 0 radical (unpaired) electrons. The van der Waals surface area contributed by atoms with E-state index in [9.17, 15) is 4.79 Å². The summed E-state index contributed by atoms with van der Waals surface area (Å²) in [4.78, 5) is 16.4. The highest BCUT2D eigenvalue weighted by atomic mass is 16.5.